The zero-order chi connectivity index (χ0) is 11.7. The second kappa shape index (κ2) is 4.78. The second-order valence-corrected chi connectivity index (χ2v) is 5.04. The molecule has 0 N–H and O–H groups in total. The number of halogens is 1. The van der Waals surface area contributed by atoms with E-state index in [1.165, 1.54) is 32.0 Å². The molecular weight excluding hydrogens is 238 g/mol. The van der Waals surface area contributed by atoms with E-state index in [4.69, 9.17) is 16.3 Å². The number of nitrogens with zero attached hydrogens (tertiary/aromatic N) is 3. The maximum absolute atomic E-state index is 5.93. The van der Waals surface area contributed by atoms with E-state index in [-0.39, 0.29) is 0 Å². The molecule has 0 bridgehead atoms. The first-order valence-electron chi connectivity index (χ1n) is 6.20. The molecule has 4 nitrogen and oxygen atoms in total. The minimum absolute atomic E-state index is 0.367. The van der Waals surface area contributed by atoms with Gasteiger partial charge in [-0.15, -0.1) is 0 Å². The fourth-order valence-electron chi connectivity index (χ4n) is 2.86. The fourth-order valence-corrected chi connectivity index (χ4v) is 3.00. The van der Waals surface area contributed by atoms with E-state index in [1.54, 1.807) is 0 Å². The molecule has 1 aromatic rings. The van der Waals surface area contributed by atoms with E-state index < -0.39 is 0 Å². The van der Waals surface area contributed by atoms with Gasteiger partial charge in [0, 0.05) is 12.6 Å². The first kappa shape index (κ1) is 11.2. The fraction of sp³-hybridized carbons (Fsp3) is 0.667. The average Bonchev–Trinajstić information content (AvgIpc) is 2.38. The Hall–Kier alpha value is -0.870. The standard InChI is InChI=1S/C12H16ClN3O/c13-11-7-12(15-8-14-11)16-5-6-17-10-4-2-1-3-9(10)16/h7-10H,1-6H2. The maximum Gasteiger partial charge on any atom is 0.134 e. The Morgan fingerprint density at radius 2 is 2.18 bits per heavy atom. The summed E-state index contributed by atoms with van der Waals surface area (Å²) in [5.41, 5.74) is 0. The van der Waals surface area contributed by atoms with Crippen molar-refractivity contribution in [2.45, 2.75) is 37.8 Å². The van der Waals surface area contributed by atoms with Crippen LogP contribution in [0.25, 0.3) is 0 Å². The molecule has 0 spiro atoms. The molecule has 2 heterocycles. The third kappa shape index (κ3) is 2.24. The summed E-state index contributed by atoms with van der Waals surface area (Å²) in [7, 11) is 0. The molecule has 3 rings (SSSR count). The minimum atomic E-state index is 0.367. The molecule has 17 heavy (non-hydrogen) atoms. The Kier molecular flexibility index (Phi) is 3.16. The Morgan fingerprint density at radius 1 is 1.29 bits per heavy atom. The zero-order valence-corrected chi connectivity index (χ0v) is 10.4. The Labute approximate surface area is 106 Å². The van der Waals surface area contributed by atoms with Gasteiger partial charge in [-0.05, 0) is 12.8 Å². The van der Waals surface area contributed by atoms with Gasteiger partial charge in [0.05, 0.1) is 18.8 Å². The summed E-state index contributed by atoms with van der Waals surface area (Å²) in [5, 5.41) is 0.508. The SMILES string of the molecule is Clc1cc(N2CCOC3CCCCC32)ncn1. The molecule has 2 fully saturated rings. The summed E-state index contributed by atoms with van der Waals surface area (Å²) >= 11 is 5.93. The smallest absolute Gasteiger partial charge is 0.134 e. The molecule has 1 aromatic heterocycles. The molecular formula is C12H16ClN3O. The molecule has 2 unspecified atom stereocenters. The van der Waals surface area contributed by atoms with Gasteiger partial charge in [0.2, 0.25) is 0 Å². The van der Waals surface area contributed by atoms with Gasteiger partial charge in [-0.1, -0.05) is 24.4 Å². The van der Waals surface area contributed by atoms with Crippen molar-refractivity contribution in [3.8, 4) is 0 Å². The molecule has 5 heteroatoms. The first-order valence-corrected chi connectivity index (χ1v) is 6.58. The van der Waals surface area contributed by atoms with Crippen LogP contribution >= 0.6 is 11.6 Å². The summed E-state index contributed by atoms with van der Waals surface area (Å²) in [5.74, 6) is 0.935. The molecule has 92 valence electrons. The lowest BCUT2D eigenvalue weighted by Gasteiger charge is -2.44. The Morgan fingerprint density at radius 3 is 3.06 bits per heavy atom. The van der Waals surface area contributed by atoms with Gasteiger partial charge in [-0.2, -0.15) is 0 Å². The van der Waals surface area contributed by atoms with Crippen LogP contribution in [0.1, 0.15) is 25.7 Å². The molecule has 1 aliphatic carbocycles. The normalized spacial score (nSPS) is 28.9. The number of ether oxygens (including phenoxy) is 1. The van der Waals surface area contributed by atoms with E-state index in [1.807, 2.05) is 6.07 Å². The molecule has 0 amide bonds. The monoisotopic (exact) mass is 253 g/mol. The summed E-state index contributed by atoms with van der Waals surface area (Å²) in [6.07, 6.45) is 6.81. The lowest BCUT2D eigenvalue weighted by Crippen LogP contribution is -2.53. The van der Waals surface area contributed by atoms with Gasteiger partial charge in [0.25, 0.3) is 0 Å². The van der Waals surface area contributed by atoms with Crippen molar-refractivity contribution in [3.63, 3.8) is 0 Å². The highest BCUT2D eigenvalue weighted by Crippen LogP contribution is 2.31. The predicted octanol–water partition coefficient (Wildman–Crippen LogP) is 2.28. The van der Waals surface area contributed by atoms with Crippen molar-refractivity contribution in [1.29, 1.82) is 0 Å². The van der Waals surface area contributed by atoms with E-state index in [2.05, 4.69) is 14.9 Å². The minimum Gasteiger partial charge on any atom is -0.374 e. The third-order valence-corrected chi connectivity index (χ3v) is 3.85. The van der Waals surface area contributed by atoms with Gasteiger partial charge < -0.3 is 9.64 Å². The average molecular weight is 254 g/mol. The maximum atomic E-state index is 5.93. The van der Waals surface area contributed by atoms with Crippen molar-refractivity contribution < 1.29 is 4.74 Å². The second-order valence-electron chi connectivity index (χ2n) is 4.65. The lowest BCUT2D eigenvalue weighted by atomic mass is 9.90. The summed E-state index contributed by atoms with van der Waals surface area (Å²) in [6.45, 7) is 1.68. The summed E-state index contributed by atoms with van der Waals surface area (Å²) in [4.78, 5) is 10.6. The third-order valence-electron chi connectivity index (χ3n) is 3.65. The number of morpholine rings is 1. The molecule has 0 aromatic carbocycles. The van der Waals surface area contributed by atoms with E-state index in [0.29, 0.717) is 17.3 Å². The number of rotatable bonds is 1. The highest BCUT2D eigenvalue weighted by molar-refractivity contribution is 6.29. The number of aromatic nitrogens is 2. The highest BCUT2D eigenvalue weighted by atomic mass is 35.5. The number of hydrogen-bond donors (Lipinski definition) is 0. The topological polar surface area (TPSA) is 38.2 Å². The van der Waals surface area contributed by atoms with Gasteiger partial charge in [-0.3, -0.25) is 0 Å². The Bertz CT molecular complexity index is 399. The van der Waals surface area contributed by atoms with Crippen LogP contribution in [0, 0.1) is 0 Å². The van der Waals surface area contributed by atoms with Gasteiger partial charge in [0.1, 0.15) is 17.3 Å². The van der Waals surface area contributed by atoms with Crippen LogP contribution in [0.3, 0.4) is 0 Å². The van der Waals surface area contributed by atoms with E-state index >= 15 is 0 Å². The molecule has 1 aliphatic heterocycles. The molecule has 0 radical (unpaired) electrons. The summed E-state index contributed by atoms with van der Waals surface area (Å²) in [6, 6.07) is 2.31. The lowest BCUT2D eigenvalue weighted by molar-refractivity contribution is -0.00899. The van der Waals surface area contributed by atoms with E-state index in [9.17, 15) is 0 Å². The number of fused-ring (bicyclic) bond motifs is 1. The highest BCUT2D eigenvalue weighted by Gasteiger charge is 2.34. The van der Waals surface area contributed by atoms with Crippen molar-refractivity contribution >= 4 is 17.4 Å². The van der Waals surface area contributed by atoms with Crippen LogP contribution in [-0.2, 0) is 4.74 Å². The van der Waals surface area contributed by atoms with Crippen LogP contribution in [-0.4, -0.2) is 35.3 Å². The van der Waals surface area contributed by atoms with Crippen LogP contribution in [0.2, 0.25) is 5.15 Å². The largest absolute Gasteiger partial charge is 0.374 e. The van der Waals surface area contributed by atoms with Crippen molar-refractivity contribution in [2.75, 3.05) is 18.1 Å². The van der Waals surface area contributed by atoms with Crippen LogP contribution in [0.4, 0.5) is 5.82 Å². The van der Waals surface area contributed by atoms with Crippen molar-refractivity contribution in [1.82, 2.24) is 9.97 Å². The zero-order valence-electron chi connectivity index (χ0n) is 9.68. The van der Waals surface area contributed by atoms with Crippen LogP contribution in [0.5, 0.6) is 0 Å². The first-order chi connectivity index (χ1) is 8.34. The van der Waals surface area contributed by atoms with Crippen LogP contribution in [0.15, 0.2) is 12.4 Å². The Balaban J connectivity index is 1.85. The van der Waals surface area contributed by atoms with Gasteiger partial charge in [0.15, 0.2) is 0 Å². The van der Waals surface area contributed by atoms with Crippen LogP contribution < -0.4 is 4.90 Å². The molecule has 1 saturated carbocycles. The molecule has 1 saturated heterocycles. The molecule has 2 aliphatic rings. The van der Waals surface area contributed by atoms with E-state index in [0.717, 1.165) is 19.0 Å². The predicted molar refractivity (Wildman–Crippen MR) is 66.4 cm³/mol. The van der Waals surface area contributed by atoms with Gasteiger partial charge >= 0.3 is 0 Å². The quantitative estimate of drug-likeness (QED) is 0.720. The van der Waals surface area contributed by atoms with Crippen molar-refractivity contribution in [2.24, 2.45) is 0 Å². The number of anilines is 1. The summed E-state index contributed by atoms with van der Waals surface area (Å²) < 4.78 is 5.85. The number of hydrogen-bond acceptors (Lipinski definition) is 4. The van der Waals surface area contributed by atoms with Gasteiger partial charge in [-0.25, -0.2) is 9.97 Å². The van der Waals surface area contributed by atoms with Crippen molar-refractivity contribution in [3.05, 3.63) is 17.5 Å². The molecule has 2 atom stereocenters.